The summed E-state index contributed by atoms with van der Waals surface area (Å²) in [4.78, 5) is 39.6. The molecule has 0 fully saturated rings. The van der Waals surface area contributed by atoms with E-state index in [-0.39, 0.29) is 42.2 Å². The average Bonchev–Trinajstić information content (AvgIpc) is 3.19. The lowest BCUT2D eigenvalue weighted by Crippen LogP contribution is -2.41. The van der Waals surface area contributed by atoms with Gasteiger partial charge in [-0.3, -0.25) is 13.9 Å². The predicted molar refractivity (Wildman–Crippen MR) is 126 cm³/mol. The van der Waals surface area contributed by atoms with Gasteiger partial charge in [-0.15, -0.1) is 5.92 Å². The lowest BCUT2D eigenvalue weighted by molar-refractivity contribution is 0.626. The van der Waals surface area contributed by atoms with Gasteiger partial charge in [0.2, 0.25) is 0 Å². The Balaban J connectivity index is 2.03. The summed E-state index contributed by atoms with van der Waals surface area (Å²) in [6, 6.07) is 10.6. The SMILES string of the molecule is CC#CCn1c(Br)nc2c1c(=O)n(Cc1cccnc1C#N)c(=O)n2Cc1cccnc1C#N. The van der Waals surface area contributed by atoms with Gasteiger partial charge in [0.05, 0.1) is 19.6 Å². The van der Waals surface area contributed by atoms with Gasteiger partial charge in [0, 0.05) is 23.5 Å². The van der Waals surface area contributed by atoms with Crippen molar-refractivity contribution in [2.75, 3.05) is 0 Å². The third-order valence-electron chi connectivity index (χ3n) is 5.13. The Morgan fingerprint density at radius 1 is 0.941 bits per heavy atom. The van der Waals surface area contributed by atoms with Crippen molar-refractivity contribution in [1.29, 1.82) is 10.5 Å². The molecule has 0 radical (unpaired) electrons. The molecular weight excluding hydrogens is 500 g/mol. The monoisotopic (exact) mass is 514 g/mol. The zero-order valence-electron chi connectivity index (χ0n) is 17.9. The van der Waals surface area contributed by atoms with Crippen LogP contribution in [-0.2, 0) is 19.6 Å². The molecule has 0 bridgehead atoms. The first kappa shape index (κ1) is 22.7. The molecule has 0 aliphatic rings. The van der Waals surface area contributed by atoms with Crippen LogP contribution in [0.4, 0.5) is 0 Å². The summed E-state index contributed by atoms with van der Waals surface area (Å²) in [7, 11) is 0. The fourth-order valence-electron chi connectivity index (χ4n) is 3.52. The smallest absolute Gasteiger partial charge is 0.301 e. The molecule has 0 amide bonds. The van der Waals surface area contributed by atoms with Gasteiger partial charge in [-0.1, -0.05) is 18.1 Å². The van der Waals surface area contributed by atoms with E-state index in [1.807, 2.05) is 12.1 Å². The van der Waals surface area contributed by atoms with E-state index >= 15 is 0 Å². The summed E-state index contributed by atoms with van der Waals surface area (Å²) < 4.78 is 4.26. The molecule has 4 rings (SSSR count). The molecule has 0 aliphatic heterocycles. The third-order valence-corrected chi connectivity index (χ3v) is 5.74. The number of halogens is 1. The van der Waals surface area contributed by atoms with Gasteiger partial charge in [0.15, 0.2) is 15.9 Å². The minimum absolute atomic E-state index is 0.0343. The summed E-state index contributed by atoms with van der Waals surface area (Å²) in [5.41, 5.74) is 0.294. The molecule has 11 heteroatoms. The van der Waals surface area contributed by atoms with E-state index < -0.39 is 11.2 Å². The Labute approximate surface area is 201 Å². The molecule has 0 aliphatic carbocycles. The molecule has 0 N–H and O–H groups in total. The topological polar surface area (TPSA) is 135 Å². The minimum atomic E-state index is -0.642. The van der Waals surface area contributed by atoms with Crippen LogP contribution in [0.3, 0.4) is 0 Å². The molecule has 166 valence electrons. The molecule has 4 aromatic heterocycles. The summed E-state index contributed by atoms with van der Waals surface area (Å²) in [6.45, 7) is 1.66. The van der Waals surface area contributed by atoms with E-state index in [2.05, 4.69) is 42.7 Å². The summed E-state index contributed by atoms with van der Waals surface area (Å²) in [6.07, 6.45) is 2.95. The Hall–Kier alpha value is -4.53. The second-order valence-electron chi connectivity index (χ2n) is 7.07. The predicted octanol–water partition coefficient (Wildman–Crippen LogP) is 1.78. The highest BCUT2D eigenvalue weighted by atomic mass is 79.9. The maximum Gasteiger partial charge on any atom is 0.333 e. The highest BCUT2D eigenvalue weighted by Crippen LogP contribution is 2.18. The standard InChI is InChI=1S/C23H15BrN8O2/c1-2-3-10-30-19-20(29-22(30)24)31(13-15-6-4-8-27-17(15)11-25)23(34)32(21(19)33)14-16-7-5-9-28-18(16)12-26/h4-9H,10,13-14H2,1H3. The minimum Gasteiger partial charge on any atom is -0.301 e. The van der Waals surface area contributed by atoms with Crippen LogP contribution in [0.2, 0.25) is 0 Å². The largest absolute Gasteiger partial charge is 0.333 e. The van der Waals surface area contributed by atoms with Crippen LogP contribution < -0.4 is 11.2 Å². The van der Waals surface area contributed by atoms with E-state index in [1.54, 1.807) is 35.8 Å². The molecule has 0 atom stereocenters. The van der Waals surface area contributed by atoms with Crippen molar-refractivity contribution in [2.24, 2.45) is 0 Å². The number of fused-ring (bicyclic) bond motifs is 1. The normalized spacial score (nSPS) is 10.4. The number of rotatable bonds is 5. The van der Waals surface area contributed by atoms with Crippen molar-refractivity contribution < 1.29 is 0 Å². The number of hydrogen-bond donors (Lipinski definition) is 0. The van der Waals surface area contributed by atoms with Crippen LogP contribution >= 0.6 is 15.9 Å². The Morgan fingerprint density at radius 2 is 1.53 bits per heavy atom. The molecule has 4 heterocycles. The summed E-state index contributed by atoms with van der Waals surface area (Å²) in [5.74, 6) is 5.68. The lowest BCUT2D eigenvalue weighted by Gasteiger charge is -2.13. The Kier molecular flexibility index (Phi) is 6.35. The number of nitrogens with zero attached hydrogens (tertiary/aromatic N) is 8. The first-order chi connectivity index (χ1) is 16.5. The van der Waals surface area contributed by atoms with Crippen LogP contribution in [0.25, 0.3) is 11.2 Å². The Morgan fingerprint density at radius 3 is 2.09 bits per heavy atom. The molecule has 10 nitrogen and oxygen atoms in total. The highest BCUT2D eigenvalue weighted by Gasteiger charge is 2.22. The van der Waals surface area contributed by atoms with Crippen LogP contribution in [0.1, 0.15) is 29.4 Å². The van der Waals surface area contributed by atoms with Gasteiger partial charge in [-0.05, 0) is 35.0 Å². The summed E-state index contributed by atoms with van der Waals surface area (Å²) in [5, 5.41) is 18.8. The van der Waals surface area contributed by atoms with Crippen LogP contribution in [0.15, 0.2) is 51.0 Å². The van der Waals surface area contributed by atoms with Gasteiger partial charge in [-0.2, -0.15) is 10.5 Å². The summed E-state index contributed by atoms with van der Waals surface area (Å²) >= 11 is 3.36. The number of nitriles is 2. The maximum atomic E-state index is 13.6. The zero-order valence-corrected chi connectivity index (χ0v) is 19.4. The van der Waals surface area contributed by atoms with E-state index in [1.165, 1.54) is 17.0 Å². The van der Waals surface area contributed by atoms with Gasteiger partial charge in [0.1, 0.15) is 23.5 Å². The van der Waals surface area contributed by atoms with Crippen molar-refractivity contribution in [1.82, 2.24) is 28.7 Å². The van der Waals surface area contributed by atoms with E-state index in [9.17, 15) is 20.1 Å². The van der Waals surface area contributed by atoms with Crippen molar-refractivity contribution >= 4 is 27.1 Å². The second kappa shape index (κ2) is 9.53. The molecule has 0 spiro atoms. The molecule has 0 saturated heterocycles. The zero-order chi connectivity index (χ0) is 24.2. The molecule has 0 saturated carbocycles. The first-order valence-electron chi connectivity index (χ1n) is 9.97. The molecule has 34 heavy (non-hydrogen) atoms. The number of aromatic nitrogens is 6. The lowest BCUT2D eigenvalue weighted by atomic mass is 10.2. The quantitative estimate of drug-likeness (QED) is 0.292. The van der Waals surface area contributed by atoms with Gasteiger partial charge in [0.25, 0.3) is 5.56 Å². The van der Waals surface area contributed by atoms with E-state index in [4.69, 9.17) is 0 Å². The number of imidazole rings is 1. The fourth-order valence-corrected chi connectivity index (χ4v) is 3.99. The number of hydrogen-bond acceptors (Lipinski definition) is 7. The van der Waals surface area contributed by atoms with Crippen LogP contribution in [-0.4, -0.2) is 28.7 Å². The van der Waals surface area contributed by atoms with Crippen LogP contribution in [0.5, 0.6) is 0 Å². The molecule has 0 unspecified atom stereocenters. The van der Waals surface area contributed by atoms with Crippen molar-refractivity contribution in [2.45, 2.75) is 26.6 Å². The average molecular weight is 515 g/mol. The van der Waals surface area contributed by atoms with Gasteiger partial charge in [-0.25, -0.2) is 19.7 Å². The number of pyridine rings is 2. The maximum absolute atomic E-state index is 13.6. The van der Waals surface area contributed by atoms with Crippen molar-refractivity contribution in [3.8, 4) is 24.0 Å². The van der Waals surface area contributed by atoms with Crippen molar-refractivity contribution in [3.63, 3.8) is 0 Å². The van der Waals surface area contributed by atoms with Gasteiger partial charge < -0.3 is 4.57 Å². The molecule has 4 aromatic rings. The van der Waals surface area contributed by atoms with E-state index in [0.717, 1.165) is 4.57 Å². The van der Waals surface area contributed by atoms with Crippen molar-refractivity contribution in [3.05, 3.63) is 84.7 Å². The van der Waals surface area contributed by atoms with Gasteiger partial charge >= 0.3 is 5.69 Å². The molecule has 0 aromatic carbocycles. The fraction of sp³-hybridized carbons (Fsp3) is 0.174. The molecular formula is C23H15BrN8O2. The Bertz CT molecular complexity index is 1690. The first-order valence-corrected chi connectivity index (χ1v) is 10.8. The second-order valence-corrected chi connectivity index (χ2v) is 7.78. The third kappa shape index (κ3) is 3.99. The van der Waals surface area contributed by atoms with Crippen LogP contribution in [0, 0.1) is 34.5 Å². The highest BCUT2D eigenvalue weighted by molar-refractivity contribution is 9.10. The van der Waals surface area contributed by atoms with E-state index in [0.29, 0.717) is 15.9 Å².